The highest BCUT2D eigenvalue weighted by atomic mass is 16.5. The predicted octanol–water partition coefficient (Wildman–Crippen LogP) is 6.58. The summed E-state index contributed by atoms with van der Waals surface area (Å²) in [5.74, 6) is -0.0802. The first-order valence-electron chi connectivity index (χ1n) is 11.2. The van der Waals surface area contributed by atoms with Gasteiger partial charge in [0.1, 0.15) is 12.4 Å². The van der Waals surface area contributed by atoms with Gasteiger partial charge in [-0.15, -0.1) is 0 Å². The fourth-order valence-electron chi connectivity index (χ4n) is 3.30. The number of rotatable bonds is 14. The average molecular weight is 423 g/mol. The van der Waals surface area contributed by atoms with Gasteiger partial charge in [0.05, 0.1) is 5.56 Å². The van der Waals surface area contributed by atoms with E-state index < -0.39 is 12.1 Å². The molecule has 0 aliphatic carbocycles. The molecule has 4 heteroatoms. The van der Waals surface area contributed by atoms with Crippen molar-refractivity contribution in [2.45, 2.75) is 64.9 Å². The van der Waals surface area contributed by atoms with Crippen LogP contribution in [0.3, 0.4) is 0 Å². The van der Waals surface area contributed by atoms with Gasteiger partial charge in [-0.2, -0.15) is 0 Å². The van der Waals surface area contributed by atoms with E-state index in [0.29, 0.717) is 23.5 Å². The fraction of sp³-hybridized carbons (Fsp3) is 0.407. The zero-order valence-corrected chi connectivity index (χ0v) is 18.8. The van der Waals surface area contributed by atoms with Crippen LogP contribution in [0.15, 0.2) is 61.2 Å². The highest BCUT2D eigenvalue weighted by Crippen LogP contribution is 2.16. The first-order valence-corrected chi connectivity index (χ1v) is 11.2. The van der Waals surface area contributed by atoms with Gasteiger partial charge >= 0.3 is 5.97 Å². The molecule has 0 amide bonds. The first-order chi connectivity index (χ1) is 15.0. The summed E-state index contributed by atoms with van der Waals surface area (Å²) in [4.78, 5) is 25.0. The lowest BCUT2D eigenvalue weighted by Gasteiger charge is -2.13. The molecule has 2 rings (SSSR count). The minimum Gasteiger partial charge on any atom is -0.490 e. The van der Waals surface area contributed by atoms with Crippen LogP contribution in [0.5, 0.6) is 5.75 Å². The van der Waals surface area contributed by atoms with Crippen molar-refractivity contribution in [3.8, 4) is 5.75 Å². The number of ether oxygens (including phenoxy) is 2. The van der Waals surface area contributed by atoms with E-state index in [2.05, 4.69) is 13.5 Å². The predicted molar refractivity (Wildman–Crippen MR) is 125 cm³/mol. The molecule has 0 aliphatic rings. The molecule has 31 heavy (non-hydrogen) atoms. The third-order valence-electron chi connectivity index (χ3n) is 5.17. The Hall–Kier alpha value is -2.88. The third-order valence-corrected chi connectivity index (χ3v) is 5.17. The summed E-state index contributed by atoms with van der Waals surface area (Å²) in [6.45, 7) is 7.82. The van der Waals surface area contributed by atoms with E-state index in [-0.39, 0.29) is 5.78 Å². The molecule has 0 fully saturated rings. The molecule has 166 valence electrons. The van der Waals surface area contributed by atoms with Gasteiger partial charge in [0.25, 0.3) is 0 Å². The summed E-state index contributed by atoms with van der Waals surface area (Å²) in [5.41, 5.74) is 2.15. The highest BCUT2D eigenvalue weighted by Gasteiger charge is 2.20. The van der Waals surface area contributed by atoms with E-state index in [1.165, 1.54) is 37.7 Å². The molecule has 0 aromatic heterocycles. The van der Waals surface area contributed by atoms with Gasteiger partial charge in [-0.05, 0) is 61.7 Å². The Labute approximate surface area is 186 Å². The Balaban J connectivity index is 1.82. The Morgan fingerprint density at radius 2 is 1.52 bits per heavy atom. The number of esters is 1. The average Bonchev–Trinajstić information content (AvgIpc) is 2.80. The molecular formula is C27H34O4. The lowest BCUT2D eigenvalue weighted by molar-refractivity contribution is 0.0319. The Morgan fingerprint density at radius 1 is 0.903 bits per heavy atom. The first kappa shape index (κ1) is 24.4. The second-order valence-electron chi connectivity index (χ2n) is 7.75. The summed E-state index contributed by atoms with van der Waals surface area (Å²) >= 11 is 0. The van der Waals surface area contributed by atoms with Gasteiger partial charge in [-0.25, -0.2) is 4.79 Å². The maximum absolute atomic E-state index is 12.6. The lowest BCUT2D eigenvalue weighted by atomic mass is 10.0. The minimum absolute atomic E-state index is 0.247. The maximum Gasteiger partial charge on any atom is 0.338 e. The smallest absolute Gasteiger partial charge is 0.338 e. The molecule has 4 nitrogen and oxygen atoms in total. The van der Waals surface area contributed by atoms with Crippen LogP contribution in [0.4, 0.5) is 0 Å². The van der Waals surface area contributed by atoms with Crippen molar-refractivity contribution in [1.82, 2.24) is 0 Å². The van der Waals surface area contributed by atoms with Crippen molar-refractivity contribution in [2.75, 3.05) is 6.61 Å². The largest absolute Gasteiger partial charge is 0.490 e. The van der Waals surface area contributed by atoms with Gasteiger partial charge < -0.3 is 9.47 Å². The van der Waals surface area contributed by atoms with Crippen molar-refractivity contribution >= 4 is 11.8 Å². The molecule has 0 saturated carbocycles. The van der Waals surface area contributed by atoms with Crippen LogP contribution in [-0.2, 0) is 11.2 Å². The minimum atomic E-state index is -0.866. The SMILES string of the molecule is C=CCOc1ccc(C(=O)C(C)OC(=O)c2ccc(CCCCCCCC)cc2)cc1. The molecule has 2 aromatic carbocycles. The third kappa shape index (κ3) is 8.41. The van der Waals surface area contributed by atoms with Crippen molar-refractivity contribution in [3.05, 3.63) is 77.9 Å². The number of hydrogen-bond acceptors (Lipinski definition) is 4. The number of Topliss-reactive ketones (excluding diaryl/α,β-unsaturated/α-hetero) is 1. The number of carbonyl (C=O) groups is 2. The molecular weight excluding hydrogens is 388 g/mol. The number of carbonyl (C=O) groups excluding carboxylic acids is 2. The maximum atomic E-state index is 12.6. The van der Waals surface area contributed by atoms with Gasteiger partial charge in [-0.1, -0.05) is 63.8 Å². The summed E-state index contributed by atoms with van der Waals surface area (Å²) in [5, 5.41) is 0. The molecule has 1 unspecified atom stereocenters. The van der Waals surface area contributed by atoms with Gasteiger partial charge in [-0.3, -0.25) is 4.79 Å². The molecule has 0 spiro atoms. The number of aryl methyl sites for hydroxylation is 1. The zero-order chi connectivity index (χ0) is 22.5. The molecule has 0 N–H and O–H groups in total. The Kier molecular flexibility index (Phi) is 10.6. The van der Waals surface area contributed by atoms with Crippen LogP contribution >= 0.6 is 0 Å². The van der Waals surface area contributed by atoms with E-state index >= 15 is 0 Å². The monoisotopic (exact) mass is 422 g/mol. The Morgan fingerprint density at radius 3 is 2.16 bits per heavy atom. The molecule has 0 radical (unpaired) electrons. The topological polar surface area (TPSA) is 52.6 Å². The van der Waals surface area contributed by atoms with Crippen molar-refractivity contribution in [3.63, 3.8) is 0 Å². The molecule has 0 bridgehead atoms. The summed E-state index contributed by atoms with van der Waals surface area (Å²) < 4.78 is 10.8. The standard InChI is InChI=1S/C27H34O4/c1-4-6-7-8-9-10-11-22-12-14-24(15-13-22)27(29)31-21(3)26(28)23-16-18-25(19-17-23)30-20-5-2/h5,12-19,21H,2,4,6-11,20H2,1,3H3. The van der Waals surface area contributed by atoms with Crippen LogP contribution in [-0.4, -0.2) is 24.5 Å². The van der Waals surface area contributed by atoms with Crippen molar-refractivity contribution < 1.29 is 19.1 Å². The second kappa shape index (κ2) is 13.4. The van der Waals surface area contributed by atoms with Gasteiger partial charge in [0.15, 0.2) is 6.10 Å². The molecule has 0 aliphatic heterocycles. The molecule has 1 atom stereocenters. The van der Waals surface area contributed by atoms with Crippen LogP contribution in [0.25, 0.3) is 0 Å². The van der Waals surface area contributed by atoms with E-state index in [4.69, 9.17) is 9.47 Å². The number of unbranched alkanes of at least 4 members (excludes halogenated alkanes) is 5. The molecule has 2 aromatic rings. The molecule has 0 heterocycles. The quantitative estimate of drug-likeness (QED) is 0.149. The summed E-state index contributed by atoms with van der Waals surface area (Å²) in [7, 11) is 0. The summed E-state index contributed by atoms with van der Waals surface area (Å²) in [6.07, 6.45) is 9.38. The van der Waals surface area contributed by atoms with Crippen molar-refractivity contribution in [2.24, 2.45) is 0 Å². The van der Waals surface area contributed by atoms with E-state index in [0.717, 1.165) is 12.8 Å². The number of benzene rings is 2. The Bertz CT molecular complexity index is 821. The second-order valence-corrected chi connectivity index (χ2v) is 7.75. The number of ketones is 1. The van der Waals surface area contributed by atoms with Crippen LogP contribution in [0.2, 0.25) is 0 Å². The lowest BCUT2D eigenvalue weighted by Crippen LogP contribution is -2.24. The van der Waals surface area contributed by atoms with E-state index in [1.807, 2.05) is 12.1 Å². The highest BCUT2D eigenvalue weighted by molar-refractivity contribution is 6.01. The van der Waals surface area contributed by atoms with Crippen molar-refractivity contribution in [1.29, 1.82) is 0 Å². The molecule has 0 saturated heterocycles. The van der Waals surface area contributed by atoms with Gasteiger partial charge in [0, 0.05) is 5.56 Å². The fourth-order valence-corrected chi connectivity index (χ4v) is 3.30. The van der Waals surface area contributed by atoms with Crippen LogP contribution < -0.4 is 4.74 Å². The van der Waals surface area contributed by atoms with Crippen LogP contribution in [0.1, 0.15) is 78.7 Å². The van der Waals surface area contributed by atoms with Gasteiger partial charge in [0.2, 0.25) is 5.78 Å². The zero-order valence-electron chi connectivity index (χ0n) is 18.8. The van der Waals surface area contributed by atoms with Crippen LogP contribution in [0, 0.1) is 0 Å². The van der Waals surface area contributed by atoms with E-state index in [9.17, 15) is 9.59 Å². The normalized spacial score (nSPS) is 11.5. The number of hydrogen-bond donors (Lipinski definition) is 0. The van der Waals surface area contributed by atoms with E-state index in [1.54, 1.807) is 49.4 Å². The summed E-state index contributed by atoms with van der Waals surface area (Å²) in [6, 6.07) is 14.3.